The van der Waals surface area contributed by atoms with Crippen LogP contribution in [0.3, 0.4) is 0 Å². The number of benzene rings is 7. The van der Waals surface area contributed by atoms with E-state index in [9.17, 15) is 0 Å². The van der Waals surface area contributed by atoms with Crippen LogP contribution in [0, 0.1) is 0 Å². The molecule has 0 amide bonds. The first-order chi connectivity index (χ1) is 25.3. The van der Waals surface area contributed by atoms with E-state index in [2.05, 4.69) is 196 Å². The summed E-state index contributed by atoms with van der Waals surface area (Å²) < 4.78 is 0. The largest absolute Gasteiger partial charge is 0.310 e. The number of anilines is 3. The third-order valence-electron chi connectivity index (χ3n) is 12.5. The van der Waals surface area contributed by atoms with Crippen molar-refractivity contribution < 1.29 is 0 Å². The summed E-state index contributed by atoms with van der Waals surface area (Å²) in [5.41, 5.74) is 19.6. The maximum atomic E-state index is 2.57. The van der Waals surface area contributed by atoms with Gasteiger partial charge < -0.3 is 4.90 Å². The van der Waals surface area contributed by atoms with Gasteiger partial charge in [0.25, 0.3) is 0 Å². The van der Waals surface area contributed by atoms with Crippen molar-refractivity contribution in [3.8, 4) is 33.4 Å². The lowest BCUT2D eigenvalue weighted by Gasteiger charge is -2.43. The fourth-order valence-corrected chi connectivity index (χ4v) is 10.1. The first-order valence-corrected chi connectivity index (χ1v) is 18.8. The number of hydrogen-bond acceptors (Lipinski definition) is 1. The highest BCUT2D eigenvalue weighted by Gasteiger charge is 2.52. The van der Waals surface area contributed by atoms with E-state index in [0.29, 0.717) is 0 Å². The molecule has 0 saturated heterocycles. The lowest BCUT2D eigenvalue weighted by Crippen LogP contribution is -2.34. The quantitative estimate of drug-likeness (QED) is 0.180. The molecule has 0 N–H and O–H groups in total. The Morgan fingerprint density at radius 2 is 0.808 bits per heavy atom. The summed E-state index contributed by atoms with van der Waals surface area (Å²) in [6.07, 6.45) is 2.34. The molecule has 0 heterocycles. The molecule has 1 heteroatoms. The lowest BCUT2D eigenvalue weighted by atomic mass is 9.61. The normalized spacial score (nSPS) is 16.4. The van der Waals surface area contributed by atoms with E-state index in [-0.39, 0.29) is 10.8 Å². The van der Waals surface area contributed by atoms with Gasteiger partial charge >= 0.3 is 0 Å². The molecule has 0 radical (unpaired) electrons. The molecule has 7 aromatic carbocycles. The fraction of sp³-hybridized carbons (Fsp3) is 0.176. The summed E-state index contributed by atoms with van der Waals surface area (Å²) in [4.78, 5) is 2.50. The van der Waals surface area contributed by atoms with Gasteiger partial charge in [-0.1, -0.05) is 155 Å². The Bertz CT molecular complexity index is 2430. The molecule has 0 unspecified atom stereocenters. The number of hydrogen-bond donors (Lipinski definition) is 0. The molecule has 10 rings (SSSR count). The molecular formula is C51H43N. The Balaban J connectivity index is 1.38. The molecule has 7 aromatic rings. The van der Waals surface area contributed by atoms with E-state index >= 15 is 0 Å². The van der Waals surface area contributed by atoms with Crippen LogP contribution in [0.25, 0.3) is 33.4 Å². The van der Waals surface area contributed by atoms with Gasteiger partial charge in [0.05, 0.1) is 11.1 Å². The van der Waals surface area contributed by atoms with Crippen molar-refractivity contribution in [3.05, 3.63) is 197 Å². The molecular weight excluding hydrogens is 627 g/mol. The molecule has 1 spiro atoms. The highest BCUT2D eigenvalue weighted by molar-refractivity contribution is 6.00. The van der Waals surface area contributed by atoms with Crippen LogP contribution in [-0.4, -0.2) is 0 Å². The standard InChI is InChI=1S/C51H43N/c1-49(2)30-31-50(3,4)48-39(25-17-29-45(48)49)41-32-40-38-24-13-16-28-44(38)51(42-26-14-11-22-36(42)37-23-12-15-27-43(37)51)46(40)33-47(41)52(34-18-7-5-8-19-34)35-20-9-6-10-21-35/h5-29,32-33H,30-31H2,1-4H3. The Morgan fingerprint density at radius 3 is 1.37 bits per heavy atom. The second-order valence-corrected chi connectivity index (χ2v) is 16.3. The zero-order valence-corrected chi connectivity index (χ0v) is 30.4. The van der Waals surface area contributed by atoms with Gasteiger partial charge in [-0.3, -0.25) is 0 Å². The van der Waals surface area contributed by atoms with Crippen LogP contribution in [0.15, 0.2) is 164 Å². The fourth-order valence-electron chi connectivity index (χ4n) is 10.1. The van der Waals surface area contributed by atoms with Crippen molar-refractivity contribution in [2.75, 3.05) is 4.90 Å². The average Bonchev–Trinajstić information content (AvgIpc) is 3.64. The minimum atomic E-state index is -0.428. The van der Waals surface area contributed by atoms with Crippen molar-refractivity contribution in [1.29, 1.82) is 0 Å². The first-order valence-electron chi connectivity index (χ1n) is 18.8. The van der Waals surface area contributed by atoms with Crippen LogP contribution >= 0.6 is 0 Å². The highest BCUT2D eigenvalue weighted by Crippen LogP contribution is 2.64. The van der Waals surface area contributed by atoms with Gasteiger partial charge in [-0.25, -0.2) is 0 Å². The maximum Gasteiger partial charge on any atom is 0.0726 e. The van der Waals surface area contributed by atoms with Crippen LogP contribution in [0.1, 0.15) is 73.9 Å². The predicted octanol–water partition coefficient (Wildman–Crippen LogP) is 13.5. The summed E-state index contributed by atoms with van der Waals surface area (Å²) in [6.45, 7) is 9.79. The monoisotopic (exact) mass is 669 g/mol. The minimum Gasteiger partial charge on any atom is -0.310 e. The summed E-state index contributed by atoms with van der Waals surface area (Å²) in [6, 6.07) is 61.6. The third-order valence-corrected chi connectivity index (χ3v) is 12.5. The van der Waals surface area contributed by atoms with Crippen molar-refractivity contribution in [3.63, 3.8) is 0 Å². The number of para-hydroxylation sites is 2. The summed E-state index contributed by atoms with van der Waals surface area (Å²) in [5.74, 6) is 0. The SMILES string of the molecule is CC1(C)CCC(C)(C)c2c(-c3cc4c(cc3N(c3ccccc3)c3ccccc3)C3(c5ccccc5-c5ccccc53)c3ccccc3-4)cccc21. The molecule has 0 atom stereocenters. The number of rotatable bonds is 4. The van der Waals surface area contributed by atoms with E-state index in [1.165, 1.54) is 78.9 Å². The van der Waals surface area contributed by atoms with Crippen LogP contribution in [0.2, 0.25) is 0 Å². The number of fused-ring (bicyclic) bond motifs is 11. The second-order valence-electron chi connectivity index (χ2n) is 16.3. The van der Waals surface area contributed by atoms with Crippen LogP contribution in [0.5, 0.6) is 0 Å². The van der Waals surface area contributed by atoms with E-state index in [1.54, 1.807) is 0 Å². The van der Waals surface area contributed by atoms with Crippen molar-refractivity contribution in [1.82, 2.24) is 0 Å². The topological polar surface area (TPSA) is 3.24 Å². The summed E-state index contributed by atoms with van der Waals surface area (Å²) in [5, 5.41) is 0. The van der Waals surface area contributed by atoms with Crippen LogP contribution in [-0.2, 0) is 16.2 Å². The second kappa shape index (κ2) is 11.2. The zero-order chi connectivity index (χ0) is 35.2. The maximum absolute atomic E-state index is 2.57. The lowest BCUT2D eigenvalue weighted by molar-refractivity contribution is 0.333. The Labute approximate surface area is 308 Å². The van der Waals surface area contributed by atoms with Crippen molar-refractivity contribution in [2.45, 2.75) is 56.8 Å². The Morgan fingerprint density at radius 1 is 0.365 bits per heavy atom. The molecule has 0 fully saturated rings. The summed E-state index contributed by atoms with van der Waals surface area (Å²) in [7, 11) is 0. The number of nitrogens with zero attached hydrogens (tertiary/aromatic N) is 1. The minimum absolute atomic E-state index is 0.0323. The van der Waals surface area contributed by atoms with Gasteiger partial charge in [-0.2, -0.15) is 0 Å². The van der Waals surface area contributed by atoms with Crippen LogP contribution in [0.4, 0.5) is 17.1 Å². The first kappa shape index (κ1) is 31.1. The van der Waals surface area contributed by atoms with Gasteiger partial charge in [0.1, 0.15) is 0 Å². The van der Waals surface area contributed by atoms with Crippen molar-refractivity contribution >= 4 is 17.1 Å². The Hall–Kier alpha value is -5.66. The molecule has 0 aromatic heterocycles. The van der Waals surface area contributed by atoms with Gasteiger partial charge in [0.15, 0.2) is 0 Å². The zero-order valence-electron chi connectivity index (χ0n) is 30.4. The van der Waals surface area contributed by atoms with Gasteiger partial charge in [0.2, 0.25) is 0 Å². The smallest absolute Gasteiger partial charge is 0.0726 e. The van der Waals surface area contributed by atoms with Crippen molar-refractivity contribution in [2.24, 2.45) is 0 Å². The van der Waals surface area contributed by atoms with Gasteiger partial charge in [-0.15, -0.1) is 0 Å². The Kier molecular flexibility index (Phi) is 6.68. The van der Waals surface area contributed by atoms with E-state index in [1.807, 2.05) is 0 Å². The predicted molar refractivity (Wildman–Crippen MR) is 218 cm³/mol. The molecule has 252 valence electrons. The van der Waals surface area contributed by atoms with Crippen LogP contribution < -0.4 is 4.90 Å². The molecule has 0 saturated carbocycles. The average molecular weight is 670 g/mol. The van der Waals surface area contributed by atoms with E-state index < -0.39 is 5.41 Å². The molecule has 0 aliphatic heterocycles. The van der Waals surface area contributed by atoms with Gasteiger partial charge in [0, 0.05) is 16.9 Å². The van der Waals surface area contributed by atoms with E-state index in [4.69, 9.17) is 0 Å². The molecule has 0 bridgehead atoms. The van der Waals surface area contributed by atoms with Gasteiger partial charge in [-0.05, 0) is 121 Å². The summed E-state index contributed by atoms with van der Waals surface area (Å²) >= 11 is 0. The molecule has 3 aliphatic rings. The highest BCUT2D eigenvalue weighted by atomic mass is 15.1. The molecule has 1 nitrogen and oxygen atoms in total. The molecule has 52 heavy (non-hydrogen) atoms. The molecule has 3 aliphatic carbocycles. The van der Waals surface area contributed by atoms with E-state index in [0.717, 1.165) is 17.8 Å². The third kappa shape index (κ3) is 4.23.